The van der Waals surface area contributed by atoms with Crippen molar-refractivity contribution in [3.63, 3.8) is 0 Å². The summed E-state index contributed by atoms with van der Waals surface area (Å²) in [6.07, 6.45) is 1.87. The molecule has 0 radical (unpaired) electrons. The van der Waals surface area contributed by atoms with Crippen LogP contribution in [0.2, 0.25) is 0 Å². The second-order valence-corrected chi connectivity index (χ2v) is 5.96. The molecule has 0 aliphatic carbocycles. The molecule has 8 nitrogen and oxygen atoms in total. The monoisotopic (exact) mass is 600 g/mol. The number of epoxide rings is 3. The SMILES string of the molecule is O=[C-]c1cc(C(=O)OCC2CO2)cc(C(=O)OC[C@H]2CO2)c1.[CH2-]C1CO1.[U+2]. The number of benzene rings is 1. The summed E-state index contributed by atoms with van der Waals surface area (Å²) in [5.74, 6) is -1.26. The molecule has 3 saturated heterocycles. The number of carbonyl (C=O) groups is 2. The van der Waals surface area contributed by atoms with E-state index in [0.717, 1.165) is 6.61 Å². The topological polar surface area (TPSA) is 107 Å². The maximum absolute atomic E-state index is 11.9. The van der Waals surface area contributed by atoms with Gasteiger partial charge in [-0.25, -0.2) is 9.59 Å². The molecule has 0 N–H and O–H groups in total. The van der Waals surface area contributed by atoms with E-state index in [1.807, 2.05) is 0 Å². The fraction of sp³-hybridized carbons (Fsp3) is 0.444. The average Bonchev–Trinajstić information content (AvgIpc) is 3.48. The van der Waals surface area contributed by atoms with E-state index in [2.05, 4.69) is 11.7 Å². The Morgan fingerprint density at radius 2 is 1.37 bits per heavy atom. The third kappa shape index (κ3) is 8.11. The molecule has 0 saturated carbocycles. The van der Waals surface area contributed by atoms with Crippen LogP contribution in [0, 0.1) is 38.0 Å². The van der Waals surface area contributed by atoms with Crippen molar-refractivity contribution in [2.45, 2.75) is 18.3 Å². The molecule has 0 spiro atoms. The summed E-state index contributed by atoms with van der Waals surface area (Å²) in [4.78, 5) is 34.7. The molecule has 0 amide bonds. The molecule has 9 heteroatoms. The van der Waals surface area contributed by atoms with Crippen LogP contribution in [0.1, 0.15) is 26.3 Å². The fourth-order valence-electron chi connectivity index (χ4n) is 1.82. The predicted molar refractivity (Wildman–Crippen MR) is 86.4 cm³/mol. The summed E-state index contributed by atoms with van der Waals surface area (Å²) in [7, 11) is 0. The molecular formula is C18H18O8U. The predicted octanol–water partition coefficient (Wildman–Crippen LogP) is 0.475. The summed E-state index contributed by atoms with van der Waals surface area (Å²) in [6.45, 7) is 5.83. The molecule has 27 heavy (non-hydrogen) atoms. The van der Waals surface area contributed by atoms with Gasteiger partial charge in [-0.2, -0.15) is 0 Å². The number of hydrogen-bond acceptors (Lipinski definition) is 8. The summed E-state index contributed by atoms with van der Waals surface area (Å²) in [5.41, 5.74) is 0.263. The summed E-state index contributed by atoms with van der Waals surface area (Å²) in [5, 5.41) is 0. The van der Waals surface area contributed by atoms with Crippen molar-refractivity contribution in [3.05, 3.63) is 41.8 Å². The van der Waals surface area contributed by atoms with E-state index in [1.54, 1.807) is 6.29 Å². The zero-order chi connectivity index (χ0) is 18.5. The van der Waals surface area contributed by atoms with Gasteiger partial charge in [0.25, 0.3) is 0 Å². The number of hydrogen-bond donors (Lipinski definition) is 0. The van der Waals surface area contributed by atoms with Crippen LogP contribution in [0.5, 0.6) is 0 Å². The van der Waals surface area contributed by atoms with E-state index in [4.69, 9.17) is 18.9 Å². The Morgan fingerprint density at radius 1 is 0.963 bits per heavy atom. The van der Waals surface area contributed by atoms with Crippen molar-refractivity contribution in [1.29, 1.82) is 0 Å². The Hall–Kier alpha value is -1.24. The largest absolute Gasteiger partial charge is 2.00 e. The van der Waals surface area contributed by atoms with Crippen LogP contribution in [0.4, 0.5) is 0 Å². The van der Waals surface area contributed by atoms with Crippen molar-refractivity contribution in [1.82, 2.24) is 0 Å². The molecule has 1 aromatic carbocycles. The fourth-order valence-corrected chi connectivity index (χ4v) is 1.82. The molecule has 3 aliphatic heterocycles. The Bertz CT molecular complexity index is 634. The first-order chi connectivity index (χ1) is 12.5. The summed E-state index contributed by atoms with van der Waals surface area (Å²) in [6, 6.07) is 3.95. The van der Waals surface area contributed by atoms with Crippen molar-refractivity contribution < 1.29 is 69.2 Å². The molecule has 3 atom stereocenters. The summed E-state index contributed by atoms with van der Waals surface area (Å²) >= 11 is 0. The van der Waals surface area contributed by atoms with E-state index in [-0.39, 0.29) is 73.2 Å². The minimum absolute atomic E-state index is 0. The Kier molecular flexibility index (Phi) is 8.45. The van der Waals surface area contributed by atoms with Gasteiger partial charge < -0.3 is 35.4 Å². The molecule has 1 aromatic rings. The zero-order valence-corrected chi connectivity index (χ0v) is 18.6. The van der Waals surface area contributed by atoms with Gasteiger partial charge in [0.2, 0.25) is 0 Å². The Balaban J connectivity index is 0.000000464. The molecule has 0 aromatic heterocycles. The van der Waals surface area contributed by atoms with Gasteiger partial charge >= 0.3 is 43.1 Å². The van der Waals surface area contributed by atoms with E-state index < -0.39 is 11.9 Å². The minimum Gasteiger partial charge on any atom is -0.460 e. The maximum atomic E-state index is 11.9. The standard InChI is InChI=1S/C15H13O7.C3H5O.U/c16-4-9-1-10(14(17)21-7-12-5-19-12)3-11(2-9)15(18)22-8-13-6-20-13;1-3-2-4-3;/h1-3,12-13H,5-8H2;3H,1-2H2;/q2*-1;+2/t12-,13?;;/m1../s1. The molecule has 0 bridgehead atoms. The molecule has 4 rings (SSSR count). The normalized spacial score (nSPS) is 23.7. The summed E-state index contributed by atoms with van der Waals surface area (Å²) < 4.78 is 24.5. The Morgan fingerprint density at radius 3 is 1.67 bits per heavy atom. The van der Waals surface area contributed by atoms with Gasteiger partial charge in [-0.15, -0.1) is 17.7 Å². The van der Waals surface area contributed by atoms with E-state index >= 15 is 0 Å². The molecule has 3 fully saturated rings. The van der Waals surface area contributed by atoms with Crippen LogP contribution in [0.25, 0.3) is 0 Å². The third-order valence-corrected chi connectivity index (χ3v) is 3.53. The second-order valence-electron chi connectivity index (χ2n) is 5.96. The van der Waals surface area contributed by atoms with E-state index in [1.165, 1.54) is 18.2 Å². The van der Waals surface area contributed by atoms with Crippen LogP contribution < -0.4 is 0 Å². The smallest absolute Gasteiger partial charge is 0.460 e. The van der Waals surface area contributed by atoms with Crippen LogP contribution in [0.15, 0.2) is 18.2 Å². The number of ether oxygens (including phenoxy) is 5. The minimum atomic E-state index is -0.632. The van der Waals surface area contributed by atoms with Crippen molar-refractivity contribution in [2.24, 2.45) is 0 Å². The van der Waals surface area contributed by atoms with Crippen LogP contribution in [-0.2, 0) is 28.5 Å². The van der Waals surface area contributed by atoms with Crippen LogP contribution in [0.3, 0.4) is 0 Å². The van der Waals surface area contributed by atoms with Crippen molar-refractivity contribution >= 4 is 18.2 Å². The zero-order valence-electron chi connectivity index (χ0n) is 14.5. The van der Waals surface area contributed by atoms with Gasteiger partial charge in [0.05, 0.1) is 19.5 Å². The molecule has 2 unspecified atom stereocenters. The van der Waals surface area contributed by atoms with Gasteiger partial charge in [0.1, 0.15) is 25.4 Å². The second kappa shape index (κ2) is 10.3. The number of rotatable bonds is 7. The van der Waals surface area contributed by atoms with Gasteiger partial charge in [0, 0.05) is 17.7 Å². The van der Waals surface area contributed by atoms with Crippen molar-refractivity contribution in [2.75, 3.05) is 33.0 Å². The van der Waals surface area contributed by atoms with Gasteiger partial charge in [-0.05, 0) is 6.10 Å². The van der Waals surface area contributed by atoms with Crippen molar-refractivity contribution in [3.8, 4) is 0 Å². The number of esters is 2. The first kappa shape index (κ1) is 22.1. The van der Waals surface area contributed by atoms with E-state index in [9.17, 15) is 14.4 Å². The van der Waals surface area contributed by atoms with Gasteiger partial charge in [-0.1, -0.05) is 6.07 Å². The third-order valence-electron chi connectivity index (χ3n) is 3.53. The van der Waals surface area contributed by atoms with Crippen LogP contribution >= 0.6 is 0 Å². The van der Waals surface area contributed by atoms with Crippen LogP contribution in [-0.4, -0.2) is 69.6 Å². The molecule has 3 aliphatic rings. The van der Waals surface area contributed by atoms with E-state index in [0.29, 0.717) is 19.3 Å². The molecule has 3 heterocycles. The molecular weight excluding hydrogens is 582 g/mol. The molecule has 142 valence electrons. The quantitative estimate of drug-likeness (QED) is 0.253. The maximum Gasteiger partial charge on any atom is 2.00 e. The Labute approximate surface area is 180 Å². The average molecular weight is 600 g/mol. The van der Waals surface area contributed by atoms with Gasteiger partial charge in [0.15, 0.2) is 0 Å². The number of carbonyl (C=O) groups excluding carboxylic acids is 3. The first-order valence-corrected chi connectivity index (χ1v) is 8.10. The first-order valence-electron chi connectivity index (χ1n) is 8.10. The van der Waals surface area contributed by atoms with Gasteiger partial charge in [-0.3, -0.25) is 0 Å².